The number of nitrogens with one attached hydrogen (secondary N) is 1. The summed E-state index contributed by atoms with van der Waals surface area (Å²) >= 11 is 0. The van der Waals surface area contributed by atoms with E-state index in [0.717, 1.165) is 5.56 Å². The molecule has 0 fully saturated rings. The van der Waals surface area contributed by atoms with Gasteiger partial charge in [0.1, 0.15) is 11.0 Å². The van der Waals surface area contributed by atoms with Gasteiger partial charge in [-0.05, 0) is 35.6 Å². The Morgan fingerprint density at radius 1 is 1.07 bits per heavy atom. The Kier molecular flexibility index (Phi) is 6.31. The molecule has 0 saturated carbocycles. The van der Waals surface area contributed by atoms with E-state index in [1.807, 2.05) is 24.3 Å². The first kappa shape index (κ1) is 21.0. The lowest BCUT2D eigenvalue weighted by Crippen LogP contribution is -2.33. The molecular formula is C21H27NO4S. The van der Waals surface area contributed by atoms with Crippen LogP contribution in [0.25, 0.3) is 0 Å². The molecule has 0 aliphatic heterocycles. The molecule has 2 rings (SSSR count). The number of carbonyl (C=O) groups is 1. The molecule has 0 aliphatic carbocycles. The molecule has 0 radical (unpaired) electrons. The van der Waals surface area contributed by atoms with E-state index in [4.69, 9.17) is 4.74 Å². The van der Waals surface area contributed by atoms with Gasteiger partial charge in [0.05, 0.1) is 18.6 Å². The van der Waals surface area contributed by atoms with Gasteiger partial charge in [0, 0.05) is 0 Å². The Hall–Kier alpha value is -2.34. The smallest absolute Gasteiger partial charge is 0.242 e. The number of rotatable bonds is 6. The van der Waals surface area contributed by atoms with E-state index in [2.05, 4.69) is 26.1 Å². The predicted molar refractivity (Wildman–Crippen MR) is 109 cm³/mol. The summed E-state index contributed by atoms with van der Waals surface area (Å²) in [5.41, 5.74) is 2.24. The topological polar surface area (TPSA) is 72.5 Å². The predicted octanol–water partition coefficient (Wildman–Crippen LogP) is 3.93. The maximum atomic E-state index is 12.7. The Bertz CT molecular complexity index is 897. The van der Waals surface area contributed by atoms with E-state index in [0.29, 0.717) is 17.0 Å². The van der Waals surface area contributed by atoms with Crippen molar-refractivity contribution >= 4 is 21.4 Å². The molecule has 0 heterocycles. The number of amides is 1. The van der Waals surface area contributed by atoms with Crippen molar-refractivity contribution in [3.63, 3.8) is 0 Å². The summed E-state index contributed by atoms with van der Waals surface area (Å²) in [7, 11) is -2.16. The Labute approximate surface area is 161 Å². The Morgan fingerprint density at radius 2 is 1.67 bits per heavy atom. The highest BCUT2D eigenvalue weighted by Gasteiger charge is 2.29. The zero-order chi connectivity index (χ0) is 20.2. The molecule has 6 heteroatoms. The summed E-state index contributed by atoms with van der Waals surface area (Å²) in [5, 5.41) is 1.46. The SMILES string of the molecule is COc1ccccc1NC(=O)[C@@H](C)S(=O)(=O)Cc1ccc(C(C)(C)C)cc1. The average molecular weight is 390 g/mol. The standard InChI is InChI=1S/C21H27NO4S/c1-15(20(23)22-18-8-6-7-9-19(18)26-5)27(24,25)14-16-10-12-17(13-11-16)21(2,3)4/h6-13,15H,14H2,1-5H3,(H,22,23)/t15-/m1/s1. The summed E-state index contributed by atoms with van der Waals surface area (Å²) in [6, 6.07) is 14.4. The van der Waals surface area contributed by atoms with Crippen LogP contribution in [0.2, 0.25) is 0 Å². The molecule has 0 bridgehead atoms. The first-order valence-electron chi connectivity index (χ1n) is 8.79. The lowest BCUT2D eigenvalue weighted by atomic mass is 9.87. The highest BCUT2D eigenvalue weighted by molar-refractivity contribution is 7.92. The number of hydrogen-bond acceptors (Lipinski definition) is 4. The van der Waals surface area contributed by atoms with Crippen molar-refractivity contribution in [1.29, 1.82) is 0 Å². The molecule has 1 atom stereocenters. The lowest BCUT2D eigenvalue weighted by Gasteiger charge is -2.19. The number of para-hydroxylation sites is 2. The number of hydrogen-bond donors (Lipinski definition) is 1. The molecule has 146 valence electrons. The van der Waals surface area contributed by atoms with Crippen LogP contribution in [0.5, 0.6) is 5.75 Å². The minimum Gasteiger partial charge on any atom is -0.495 e. The maximum absolute atomic E-state index is 12.7. The second kappa shape index (κ2) is 8.13. The van der Waals surface area contributed by atoms with Gasteiger partial charge in [0.15, 0.2) is 9.84 Å². The van der Waals surface area contributed by atoms with Crippen LogP contribution in [-0.2, 0) is 25.8 Å². The maximum Gasteiger partial charge on any atom is 0.242 e. The minimum absolute atomic E-state index is 0.000672. The van der Waals surface area contributed by atoms with Crippen LogP contribution in [0.3, 0.4) is 0 Å². The van der Waals surface area contributed by atoms with Crippen LogP contribution >= 0.6 is 0 Å². The second-order valence-corrected chi connectivity index (χ2v) is 9.91. The molecule has 27 heavy (non-hydrogen) atoms. The molecule has 5 nitrogen and oxygen atoms in total. The van der Waals surface area contributed by atoms with Crippen LogP contribution in [0.15, 0.2) is 48.5 Å². The summed E-state index contributed by atoms with van der Waals surface area (Å²) in [6.45, 7) is 7.71. The van der Waals surface area contributed by atoms with Crippen LogP contribution in [0, 0.1) is 0 Å². The van der Waals surface area contributed by atoms with Gasteiger partial charge in [0.25, 0.3) is 0 Å². The minimum atomic E-state index is -3.65. The van der Waals surface area contributed by atoms with Crippen LogP contribution in [-0.4, -0.2) is 26.7 Å². The zero-order valence-electron chi connectivity index (χ0n) is 16.4. The van der Waals surface area contributed by atoms with Crippen molar-refractivity contribution in [2.45, 2.75) is 44.1 Å². The van der Waals surface area contributed by atoms with Crippen molar-refractivity contribution in [3.8, 4) is 5.75 Å². The zero-order valence-corrected chi connectivity index (χ0v) is 17.3. The summed E-state index contributed by atoms with van der Waals surface area (Å²) in [4.78, 5) is 12.5. The average Bonchev–Trinajstić information content (AvgIpc) is 2.60. The van der Waals surface area contributed by atoms with Gasteiger partial charge in [0.2, 0.25) is 5.91 Å². The van der Waals surface area contributed by atoms with Gasteiger partial charge in [-0.15, -0.1) is 0 Å². The summed E-state index contributed by atoms with van der Waals surface area (Å²) in [6.07, 6.45) is 0. The van der Waals surface area contributed by atoms with Gasteiger partial charge < -0.3 is 10.1 Å². The molecule has 0 aliphatic rings. The molecular weight excluding hydrogens is 362 g/mol. The molecule has 2 aromatic carbocycles. The molecule has 2 aromatic rings. The lowest BCUT2D eigenvalue weighted by molar-refractivity contribution is -0.115. The van der Waals surface area contributed by atoms with E-state index in [1.54, 1.807) is 24.3 Å². The van der Waals surface area contributed by atoms with Gasteiger partial charge in [-0.25, -0.2) is 8.42 Å². The highest BCUT2D eigenvalue weighted by atomic mass is 32.2. The van der Waals surface area contributed by atoms with E-state index in [9.17, 15) is 13.2 Å². The Balaban J connectivity index is 2.12. The van der Waals surface area contributed by atoms with Crippen LogP contribution in [0.4, 0.5) is 5.69 Å². The fraction of sp³-hybridized carbons (Fsp3) is 0.381. The molecule has 1 amide bonds. The van der Waals surface area contributed by atoms with Crippen molar-refractivity contribution in [2.75, 3.05) is 12.4 Å². The van der Waals surface area contributed by atoms with Crippen LogP contribution in [0.1, 0.15) is 38.8 Å². The van der Waals surface area contributed by atoms with Crippen molar-refractivity contribution in [3.05, 3.63) is 59.7 Å². The fourth-order valence-corrected chi connectivity index (χ4v) is 3.90. The second-order valence-electron chi connectivity index (χ2n) is 7.59. The fourth-order valence-electron chi connectivity index (χ4n) is 2.60. The Morgan fingerprint density at radius 3 is 2.22 bits per heavy atom. The van der Waals surface area contributed by atoms with E-state index in [1.165, 1.54) is 14.0 Å². The number of benzene rings is 2. The third-order valence-electron chi connectivity index (χ3n) is 4.46. The number of anilines is 1. The van der Waals surface area contributed by atoms with E-state index in [-0.39, 0.29) is 11.2 Å². The van der Waals surface area contributed by atoms with Crippen molar-refractivity contribution in [2.24, 2.45) is 0 Å². The van der Waals surface area contributed by atoms with Gasteiger partial charge in [-0.1, -0.05) is 57.2 Å². The number of ether oxygens (including phenoxy) is 1. The van der Waals surface area contributed by atoms with Gasteiger partial charge in [-0.2, -0.15) is 0 Å². The third kappa shape index (κ3) is 5.32. The molecule has 0 saturated heterocycles. The number of methoxy groups -OCH3 is 1. The molecule has 0 unspecified atom stereocenters. The number of carbonyl (C=O) groups excluding carboxylic acids is 1. The normalized spacial score (nSPS) is 13.1. The highest BCUT2D eigenvalue weighted by Crippen LogP contribution is 2.25. The van der Waals surface area contributed by atoms with Crippen molar-refractivity contribution < 1.29 is 17.9 Å². The molecule has 0 spiro atoms. The summed E-state index contributed by atoms with van der Waals surface area (Å²) in [5.74, 6) is -0.281. The quantitative estimate of drug-likeness (QED) is 0.812. The first-order chi connectivity index (χ1) is 12.5. The third-order valence-corrected chi connectivity index (χ3v) is 6.49. The van der Waals surface area contributed by atoms with E-state index >= 15 is 0 Å². The van der Waals surface area contributed by atoms with Gasteiger partial charge >= 0.3 is 0 Å². The van der Waals surface area contributed by atoms with E-state index < -0.39 is 21.0 Å². The van der Waals surface area contributed by atoms with Crippen molar-refractivity contribution in [1.82, 2.24) is 0 Å². The first-order valence-corrected chi connectivity index (χ1v) is 10.5. The largest absolute Gasteiger partial charge is 0.495 e. The molecule has 0 aromatic heterocycles. The monoisotopic (exact) mass is 389 g/mol. The van der Waals surface area contributed by atoms with Crippen LogP contribution < -0.4 is 10.1 Å². The van der Waals surface area contributed by atoms with Gasteiger partial charge in [-0.3, -0.25) is 4.79 Å². The summed E-state index contributed by atoms with van der Waals surface area (Å²) < 4.78 is 30.5. The molecule has 1 N–H and O–H groups in total. The number of sulfone groups is 1.